The van der Waals surface area contributed by atoms with Gasteiger partial charge in [0.25, 0.3) is 0 Å². The van der Waals surface area contributed by atoms with E-state index < -0.39 is 36.0 Å². The van der Waals surface area contributed by atoms with Crippen molar-refractivity contribution in [3.8, 4) is 5.75 Å². The van der Waals surface area contributed by atoms with Crippen LogP contribution in [0.25, 0.3) is 0 Å². The summed E-state index contributed by atoms with van der Waals surface area (Å²) in [7, 11) is 0. The van der Waals surface area contributed by atoms with Crippen molar-refractivity contribution in [1.29, 1.82) is 0 Å². The summed E-state index contributed by atoms with van der Waals surface area (Å²) in [6.07, 6.45) is 1.19. The van der Waals surface area contributed by atoms with Gasteiger partial charge in [-0.3, -0.25) is 4.79 Å². The third kappa shape index (κ3) is 4.52. The zero-order chi connectivity index (χ0) is 22.1. The number of fused-ring (bicyclic) bond motifs is 3. The van der Waals surface area contributed by atoms with E-state index in [1.54, 1.807) is 6.92 Å². The number of urea groups is 1. The van der Waals surface area contributed by atoms with E-state index >= 15 is 0 Å². The number of β-lactam (4-membered cyclic amide) rings is 1. The molecule has 1 unspecified atom stereocenters. The van der Waals surface area contributed by atoms with Crippen LogP contribution in [0.3, 0.4) is 0 Å². The molecule has 1 aromatic carbocycles. The van der Waals surface area contributed by atoms with Crippen LogP contribution in [-0.4, -0.2) is 59.3 Å². The third-order valence-corrected chi connectivity index (χ3v) is 6.32. The number of para-hydroxylation sites is 1. The molecule has 1 aliphatic carbocycles. The second-order valence-electron chi connectivity index (χ2n) is 8.21. The zero-order valence-corrected chi connectivity index (χ0v) is 20.2. The number of carbonyl (C=O) groups excluding carboxylic acids is 3. The standard InChI is InChI=1S/C22H27N3O6.Na/c1-12(26)16-18-14-8-5-9-15(17(14)19(21(28)29)25(18)20(16)27)24-22(30)23-10-11-31-13-6-3-2-4-7-13;/h2-4,6-7,12,14-16,18,26H,5,8-11H2,1H3,(H,28,29)(H2,23,24,30);/q;+1/p-1/t12?,14-,15-,16+,18+;/m0./s1. The maximum absolute atomic E-state index is 12.5. The fourth-order valence-corrected chi connectivity index (χ4v) is 5.08. The number of aliphatic carboxylic acids is 1. The molecule has 0 aromatic heterocycles. The number of hydrogen-bond donors (Lipinski definition) is 3. The number of hydrogen-bond acceptors (Lipinski definition) is 6. The summed E-state index contributed by atoms with van der Waals surface area (Å²) in [6.45, 7) is 2.11. The molecule has 0 bridgehead atoms. The molecule has 10 heteroatoms. The van der Waals surface area contributed by atoms with Gasteiger partial charge < -0.3 is 35.3 Å². The van der Waals surface area contributed by atoms with E-state index in [-0.39, 0.29) is 60.4 Å². The van der Waals surface area contributed by atoms with Gasteiger partial charge in [0.2, 0.25) is 5.91 Å². The first-order chi connectivity index (χ1) is 14.9. The summed E-state index contributed by atoms with van der Waals surface area (Å²) in [6, 6.07) is 7.92. The molecule has 0 spiro atoms. The van der Waals surface area contributed by atoms with E-state index in [9.17, 15) is 24.6 Å². The summed E-state index contributed by atoms with van der Waals surface area (Å²) < 4.78 is 5.54. The van der Waals surface area contributed by atoms with Gasteiger partial charge in [0.1, 0.15) is 12.4 Å². The van der Waals surface area contributed by atoms with E-state index in [1.807, 2.05) is 30.3 Å². The van der Waals surface area contributed by atoms with Crippen molar-refractivity contribution in [1.82, 2.24) is 15.5 Å². The Morgan fingerprint density at radius 1 is 1.28 bits per heavy atom. The fraction of sp³-hybridized carbons (Fsp3) is 0.500. The molecule has 2 fully saturated rings. The van der Waals surface area contributed by atoms with Crippen molar-refractivity contribution in [2.75, 3.05) is 13.2 Å². The van der Waals surface area contributed by atoms with Crippen molar-refractivity contribution in [3.05, 3.63) is 41.6 Å². The monoisotopic (exact) mass is 451 g/mol. The van der Waals surface area contributed by atoms with Gasteiger partial charge in [0.15, 0.2) is 0 Å². The molecule has 9 nitrogen and oxygen atoms in total. The fourth-order valence-electron chi connectivity index (χ4n) is 5.08. The van der Waals surface area contributed by atoms with Crippen LogP contribution in [0.5, 0.6) is 5.75 Å². The average molecular weight is 451 g/mol. The van der Waals surface area contributed by atoms with Crippen molar-refractivity contribution < 1.29 is 58.9 Å². The smallest absolute Gasteiger partial charge is 0.543 e. The van der Waals surface area contributed by atoms with E-state index in [1.165, 1.54) is 4.90 Å². The van der Waals surface area contributed by atoms with Gasteiger partial charge in [0.05, 0.1) is 42.3 Å². The topological polar surface area (TPSA) is 131 Å². The summed E-state index contributed by atoms with van der Waals surface area (Å²) in [4.78, 5) is 38.0. The Kier molecular flexibility index (Phi) is 7.87. The van der Waals surface area contributed by atoms with Gasteiger partial charge in [-0.25, -0.2) is 4.79 Å². The first-order valence-corrected chi connectivity index (χ1v) is 10.6. The number of nitrogens with one attached hydrogen (secondary N) is 2. The Labute approximate surface area is 208 Å². The first kappa shape index (κ1) is 24.6. The van der Waals surface area contributed by atoms with Gasteiger partial charge >= 0.3 is 35.6 Å². The molecule has 2 aliphatic heterocycles. The Morgan fingerprint density at radius 3 is 2.66 bits per heavy atom. The van der Waals surface area contributed by atoms with Crippen LogP contribution in [-0.2, 0) is 9.59 Å². The molecule has 2 heterocycles. The van der Waals surface area contributed by atoms with E-state index in [2.05, 4.69) is 10.6 Å². The third-order valence-electron chi connectivity index (χ3n) is 6.32. The molecule has 1 saturated carbocycles. The van der Waals surface area contributed by atoms with Gasteiger partial charge in [0, 0.05) is 5.92 Å². The maximum atomic E-state index is 12.5. The molecular weight excluding hydrogens is 425 g/mol. The first-order valence-electron chi connectivity index (χ1n) is 10.6. The number of aliphatic hydroxyl groups is 1. The van der Waals surface area contributed by atoms with E-state index in [0.29, 0.717) is 24.2 Å². The number of benzene rings is 1. The summed E-state index contributed by atoms with van der Waals surface area (Å²) in [5.74, 6) is -1.95. The van der Waals surface area contributed by atoms with E-state index in [0.717, 1.165) is 6.42 Å². The molecule has 166 valence electrons. The normalized spacial score (nSPS) is 26.8. The number of carboxylic acid groups (broad SMARTS) is 1. The van der Waals surface area contributed by atoms with Crippen molar-refractivity contribution >= 4 is 17.9 Å². The number of amides is 3. The summed E-state index contributed by atoms with van der Waals surface area (Å²) >= 11 is 0. The molecule has 4 rings (SSSR count). The van der Waals surface area contributed by atoms with Crippen LogP contribution in [0.15, 0.2) is 41.6 Å². The molecule has 32 heavy (non-hydrogen) atoms. The Hall–Kier alpha value is -2.07. The van der Waals surface area contributed by atoms with Crippen molar-refractivity contribution in [2.45, 2.75) is 44.4 Å². The van der Waals surface area contributed by atoms with Crippen LogP contribution < -0.4 is 50.0 Å². The van der Waals surface area contributed by atoms with Crippen LogP contribution >= 0.6 is 0 Å². The average Bonchev–Trinajstić information content (AvgIpc) is 3.03. The second-order valence-corrected chi connectivity index (χ2v) is 8.21. The molecular formula is C22H26N3NaO6. The van der Waals surface area contributed by atoms with Gasteiger partial charge in [-0.1, -0.05) is 24.6 Å². The van der Waals surface area contributed by atoms with Crippen molar-refractivity contribution in [3.63, 3.8) is 0 Å². The number of carbonyl (C=O) groups is 3. The molecule has 1 aromatic rings. The van der Waals surface area contributed by atoms with Crippen LogP contribution in [0.2, 0.25) is 0 Å². The Bertz CT molecular complexity index is 906. The Balaban J connectivity index is 0.00000289. The Morgan fingerprint density at radius 2 is 2.00 bits per heavy atom. The SMILES string of the molecule is CC(O)[C@H]1C(=O)N2C(C(=O)[O-])=C3[C@@H](NC(=O)NCCOc4ccccc4)CCC[C@@H]3[C@H]12.[Na+]. The van der Waals surface area contributed by atoms with Gasteiger partial charge in [-0.05, 0) is 37.5 Å². The quantitative estimate of drug-likeness (QED) is 0.227. The second kappa shape index (κ2) is 10.2. The summed E-state index contributed by atoms with van der Waals surface area (Å²) in [5.41, 5.74) is 0.387. The van der Waals surface area contributed by atoms with E-state index in [4.69, 9.17) is 4.74 Å². The minimum Gasteiger partial charge on any atom is -0.543 e. The molecule has 3 aliphatic rings. The number of nitrogens with zero attached hydrogens (tertiary/aromatic N) is 1. The zero-order valence-electron chi connectivity index (χ0n) is 18.2. The maximum Gasteiger partial charge on any atom is 1.00 e. The van der Waals surface area contributed by atoms with Gasteiger partial charge in [-0.2, -0.15) is 0 Å². The largest absolute Gasteiger partial charge is 1.00 e. The molecule has 5 atom stereocenters. The minimum atomic E-state index is -1.43. The number of ether oxygens (including phenoxy) is 1. The summed E-state index contributed by atoms with van der Waals surface area (Å²) in [5, 5.41) is 27.4. The predicted octanol–water partition coefficient (Wildman–Crippen LogP) is -3.24. The number of carboxylic acids is 1. The van der Waals surface area contributed by atoms with Crippen molar-refractivity contribution in [2.24, 2.45) is 11.8 Å². The molecule has 0 radical (unpaired) electrons. The van der Waals surface area contributed by atoms with Crippen LogP contribution in [0.4, 0.5) is 4.79 Å². The number of rotatable bonds is 7. The predicted molar refractivity (Wildman–Crippen MR) is 107 cm³/mol. The molecule has 1 saturated heterocycles. The van der Waals surface area contributed by atoms with Crippen LogP contribution in [0, 0.1) is 11.8 Å². The number of aliphatic hydroxyl groups excluding tert-OH is 1. The molecule has 3 N–H and O–H groups in total. The van der Waals surface area contributed by atoms with Crippen LogP contribution in [0.1, 0.15) is 26.2 Å². The minimum absolute atomic E-state index is 0. The molecule has 3 amide bonds. The van der Waals surface area contributed by atoms with Gasteiger partial charge in [-0.15, -0.1) is 0 Å².